The van der Waals surface area contributed by atoms with E-state index in [0.717, 1.165) is 5.69 Å². The number of aromatic nitrogens is 2. The third-order valence-corrected chi connectivity index (χ3v) is 2.58. The minimum Gasteiger partial charge on any atom is -0.319 e. The topological polar surface area (TPSA) is 29.9 Å². The standard InChI is InChI=1S/C9H11Cl2N3/c1-4-6(2)12-5-7-8(10)13-9(11)14(7)3/h1,6,12H,5H2,2-3H3. The van der Waals surface area contributed by atoms with Crippen LogP contribution in [0.3, 0.4) is 0 Å². The summed E-state index contributed by atoms with van der Waals surface area (Å²) < 4.78 is 1.72. The van der Waals surface area contributed by atoms with Crippen molar-refractivity contribution in [2.24, 2.45) is 7.05 Å². The van der Waals surface area contributed by atoms with Crippen LogP contribution in [0.2, 0.25) is 10.4 Å². The maximum absolute atomic E-state index is 5.87. The number of nitrogens with one attached hydrogen (secondary N) is 1. The van der Waals surface area contributed by atoms with Gasteiger partial charge in [-0.15, -0.1) is 6.42 Å². The minimum absolute atomic E-state index is 0.000239. The highest BCUT2D eigenvalue weighted by Crippen LogP contribution is 2.18. The number of hydrogen-bond acceptors (Lipinski definition) is 2. The van der Waals surface area contributed by atoms with Crippen LogP contribution in [0.1, 0.15) is 12.6 Å². The summed E-state index contributed by atoms with van der Waals surface area (Å²) in [6, 6.07) is -0.000239. The molecular formula is C9H11Cl2N3. The van der Waals surface area contributed by atoms with Crippen molar-refractivity contribution in [2.75, 3.05) is 0 Å². The summed E-state index contributed by atoms with van der Waals surface area (Å²) in [7, 11) is 1.80. The molecule has 0 amide bonds. The monoisotopic (exact) mass is 231 g/mol. The Balaban J connectivity index is 2.73. The smallest absolute Gasteiger partial charge is 0.204 e. The van der Waals surface area contributed by atoms with Crippen LogP contribution in [0.25, 0.3) is 0 Å². The van der Waals surface area contributed by atoms with Gasteiger partial charge in [0.25, 0.3) is 0 Å². The van der Waals surface area contributed by atoms with Crippen LogP contribution < -0.4 is 5.32 Å². The largest absolute Gasteiger partial charge is 0.319 e. The molecule has 0 saturated carbocycles. The predicted octanol–water partition coefficient (Wildman–Crippen LogP) is 1.84. The van der Waals surface area contributed by atoms with Gasteiger partial charge in [0.1, 0.15) is 0 Å². The van der Waals surface area contributed by atoms with Crippen molar-refractivity contribution in [3.05, 3.63) is 16.1 Å². The lowest BCUT2D eigenvalue weighted by Crippen LogP contribution is -2.24. The van der Waals surface area contributed by atoms with E-state index in [1.807, 2.05) is 6.92 Å². The van der Waals surface area contributed by atoms with Gasteiger partial charge < -0.3 is 4.57 Å². The van der Waals surface area contributed by atoms with Crippen LogP contribution >= 0.6 is 23.2 Å². The van der Waals surface area contributed by atoms with E-state index in [-0.39, 0.29) is 6.04 Å². The molecule has 14 heavy (non-hydrogen) atoms. The van der Waals surface area contributed by atoms with E-state index >= 15 is 0 Å². The van der Waals surface area contributed by atoms with E-state index < -0.39 is 0 Å². The van der Waals surface area contributed by atoms with Gasteiger partial charge >= 0.3 is 0 Å². The lowest BCUT2D eigenvalue weighted by molar-refractivity contribution is 0.621. The second kappa shape index (κ2) is 4.70. The molecule has 0 saturated heterocycles. The average molecular weight is 232 g/mol. The van der Waals surface area contributed by atoms with Crippen LogP contribution in [0.4, 0.5) is 0 Å². The highest BCUT2D eigenvalue weighted by Gasteiger charge is 2.11. The summed E-state index contributed by atoms with van der Waals surface area (Å²) in [5, 5.41) is 3.89. The van der Waals surface area contributed by atoms with Gasteiger partial charge in [-0.05, 0) is 18.5 Å². The zero-order chi connectivity index (χ0) is 10.7. The molecule has 1 aromatic heterocycles. The Morgan fingerprint density at radius 2 is 2.29 bits per heavy atom. The molecule has 0 aliphatic rings. The summed E-state index contributed by atoms with van der Waals surface area (Å²) in [4.78, 5) is 3.92. The molecule has 1 unspecified atom stereocenters. The molecule has 0 aliphatic heterocycles. The van der Waals surface area contributed by atoms with Crippen molar-refractivity contribution >= 4 is 23.2 Å². The van der Waals surface area contributed by atoms with E-state index in [0.29, 0.717) is 17.0 Å². The Morgan fingerprint density at radius 1 is 1.64 bits per heavy atom. The van der Waals surface area contributed by atoms with Gasteiger partial charge in [-0.2, -0.15) is 0 Å². The number of hydrogen-bond donors (Lipinski definition) is 1. The molecule has 1 aromatic rings. The van der Waals surface area contributed by atoms with Crippen molar-refractivity contribution < 1.29 is 0 Å². The molecule has 0 radical (unpaired) electrons. The molecule has 0 aliphatic carbocycles. The Kier molecular flexibility index (Phi) is 3.82. The number of rotatable bonds is 3. The number of halogens is 2. The number of nitrogens with zero attached hydrogens (tertiary/aromatic N) is 2. The third kappa shape index (κ3) is 2.42. The average Bonchev–Trinajstić information content (AvgIpc) is 2.39. The molecule has 1 atom stereocenters. The van der Waals surface area contributed by atoms with Gasteiger partial charge in [0, 0.05) is 13.6 Å². The molecular weight excluding hydrogens is 221 g/mol. The normalized spacial score (nSPS) is 12.5. The molecule has 0 bridgehead atoms. The molecule has 3 nitrogen and oxygen atoms in total. The SMILES string of the molecule is C#CC(C)NCc1c(Cl)nc(Cl)n1C. The Hall–Kier alpha value is -0.690. The zero-order valence-corrected chi connectivity index (χ0v) is 9.52. The quantitative estimate of drug-likeness (QED) is 0.806. The van der Waals surface area contributed by atoms with Gasteiger partial charge in [-0.1, -0.05) is 17.5 Å². The summed E-state index contributed by atoms with van der Waals surface area (Å²) >= 11 is 11.7. The maximum atomic E-state index is 5.87. The molecule has 1 heterocycles. The van der Waals surface area contributed by atoms with Crippen LogP contribution in [0.5, 0.6) is 0 Å². The highest BCUT2D eigenvalue weighted by atomic mass is 35.5. The van der Waals surface area contributed by atoms with E-state index in [1.165, 1.54) is 0 Å². The molecule has 1 rings (SSSR count). The summed E-state index contributed by atoms with van der Waals surface area (Å²) in [6.07, 6.45) is 5.22. The predicted molar refractivity (Wildman–Crippen MR) is 58.4 cm³/mol. The molecule has 1 N–H and O–H groups in total. The van der Waals surface area contributed by atoms with Gasteiger partial charge in [-0.25, -0.2) is 4.98 Å². The lowest BCUT2D eigenvalue weighted by Gasteiger charge is -2.08. The third-order valence-electron chi connectivity index (χ3n) is 1.94. The minimum atomic E-state index is -0.000239. The van der Waals surface area contributed by atoms with Crippen molar-refractivity contribution in [3.63, 3.8) is 0 Å². The fraction of sp³-hybridized carbons (Fsp3) is 0.444. The number of imidazole rings is 1. The molecule has 0 fully saturated rings. The Morgan fingerprint density at radius 3 is 2.71 bits per heavy atom. The van der Waals surface area contributed by atoms with Crippen LogP contribution in [0, 0.1) is 12.3 Å². The number of terminal acetylenes is 1. The van der Waals surface area contributed by atoms with Crippen LogP contribution in [0.15, 0.2) is 0 Å². The van der Waals surface area contributed by atoms with Gasteiger partial charge in [-0.3, -0.25) is 5.32 Å². The first kappa shape index (κ1) is 11.4. The van der Waals surface area contributed by atoms with E-state index in [4.69, 9.17) is 29.6 Å². The van der Waals surface area contributed by atoms with E-state index in [9.17, 15) is 0 Å². The molecule has 5 heteroatoms. The first-order valence-corrected chi connectivity index (χ1v) is 4.88. The van der Waals surface area contributed by atoms with Crippen molar-refractivity contribution in [2.45, 2.75) is 19.5 Å². The summed E-state index contributed by atoms with van der Waals surface area (Å²) in [5.74, 6) is 2.56. The molecule has 0 aromatic carbocycles. The van der Waals surface area contributed by atoms with Crippen molar-refractivity contribution in [1.29, 1.82) is 0 Å². The first-order valence-electron chi connectivity index (χ1n) is 4.12. The van der Waals surface area contributed by atoms with Crippen LogP contribution in [-0.4, -0.2) is 15.6 Å². The van der Waals surface area contributed by atoms with Gasteiger partial charge in [0.2, 0.25) is 5.28 Å². The van der Waals surface area contributed by atoms with Gasteiger partial charge in [0.05, 0.1) is 11.7 Å². The Bertz CT molecular complexity index is 365. The zero-order valence-electron chi connectivity index (χ0n) is 8.01. The van der Waals surface area contributed by atoms with Crippen molar-refractivity contribution in [1.82, 2.24) is 14.9 Å². The summed E-state index contributed by atoms with van der Waals surface area (Å²) in [5.41, 5.74) is 0.832. The fourth-order valence-corrected chi connectivity index (χ4v) is 1.47. The van der Waals surface area contributed by atoms with E-state index in [2.05, 4.69) is 16.2 Å². The van der Waals surface area contributed by atoms with Crippen molar-refractivity contribution in [3.8, 4) is 12.3 Å². The maximum Gasteiger partial charge on any atom is 0.204 e. The molecule has 76 valence electrons. The second-order valence-electron chi connectivity index (χ2n) is 2.95. The van der Waals surface area contributed by atoms with Gasteiger partial charge in [0.15, 0.2) is 5.15 Å². The lowest BCUT2D eigenvalue weighted by atomic mass is 10.3. The Labute approximate surface area is 93.4 Å². The summed E-state index contributed by atoms with van der Waals surface area (Å²) in [6.45, 7) is 2.45. The van der Waals surface area contributed by atoms with E-state index in [1.54, 1.807) is 11.6 Å². The second-order valence-corrected chi connectivity index (χ2v) is 3.64. The molecule has 0 spiro atoms. The highest BCUT2D eigenvalue weighted by molar-refractivity contribution is 6.32. The fourth-order valence-electron chi connectivity index (χ4n) is 0.970. The van der Waals surface area contributed by atoms with Crippen LogP contribution in [-0.2, 0) is 13.6 Å². The first-order chi connectivity index (χ1) is 6.56.